The molecular weight excluding hydrogens is 302 g/mol. The fraction of sp³-hybridized carbons (Fsp3) is 0. The first kappa shape index (κ1) is 14.5. The summed E-state index contributed by atoms with van der Waals surface area (Å²) in [4.78, 5) is 20.1. The van der Waals surface area contributed by atoms with Gasteiger partial charge in [-0.05, 0) is 12.1 Å². The number of halogens is 1. The summed E-state index contributed by atoms with van der Waals surface area (Å²) in [6, 6.07) is 7.45. The van der Waals surface area contributed by atoms with Crippen LogP contribution in [-0.2, 0) is 0 Å². The third-order valence-electron chi connectivity index (χ3n) is 2.55. The van der Waals surface area contributed by atoms with Crippen LogP contribution in [0.2, 0.25) is 5.02 Å². The topological polar surface area (TPSA) is 122 Å². The Kier molecular flexibility index (Phi) is 3.90. The second kappa shape index (κ2) is 5.63. The van der Waals surface area contributed by atoms with Gasteiger partial charge in [-0.3, -0.25) is 20.2 Å². The lowest BCUT2D eigenvalue weighted by Crippen LogP contribution is -1.96. The van der Waals surface area contributed by atoms with Gasteiger partial charge in [0.2, 0.25) is 0 Å². The van der Waals surface area contributed by atoms with Crippen molar-refractivity contribution in [2.45, 2.75) is 0 Å². The molecule has 2 aromatic carbocycles. The molecule has 0 heterocycles. The second-order valence-corrected chi connectivity index (χ2v) is 4.36. The molecule has 0 bridgehead atoms. The minimum Gasteiger partial charge on any atom is -0.455 e. The maximum Gasteiger partial charge on any atom is 0.292 e. The van der Waals surface area contributed by atoms with Crippen LogP contribution in [0.5, 0.6) is 11.5 Å². The van der Waals surface area contributed by atoms with E-state index in [1.807, 2.05) is 0 Å². The molecule has 0 aromatic heterocycles. The van der Waals surface area contributed by atoms with Gasteiger partial charge >= 0.3 is 0 Å². The van der Waals surface area contributed by atoms with Crippen LogP contribution in [0, 0.1) is 20.2 Å². The number of non-ortho nitro benzene ring substituents is 1. The van der Waals surface area contributed by atoms with Gasteiger partial charge in [0.15, 0.2) is 5.75 Å². The highest BCUT2D eigenvalue weighted by Crippen LogP contribution is 2.34. The first-order chi connectivity index (χ1) is 9.88. The predicted molar refractivity (Wildman–Crippen MR) is 75.7 cm³/mol. The number of benzene rings is 2. The Balaban J connectivity index is 2.34. The summed E-state index contributed by atoms with van der Waals surface area (Å²) in [5, 5.41) is 21.5. The summed E-state index contributed by atoms with van der Waals surface area (Å²) in [6.07, 6.45) is 0. The second-order valence-electron chi connectivity index (χ2n) is 3.95. The van der Waals surface area contributed by atoms with Gasteiger partial charge in [-0.2, -0.15) is 0 Å². The van der Waals surface area contributed by atoms with E-state index in [9.17, 15) is 20.2 Å². The first-order valence-electron chi connectivity index (χ1n) is 5.54. The Labute approximate surface area is 123 Å². The third kappa shape index (κ3) is 3.18. The van der Waals surface area contributed by atoms with E-state index in [4.69, 9.17) is 22.1 Å². The Morgan fingerprint density at radius 3 is 2.33 bits per heavy atom. The maximum atomic E-state index is 10.7. The van der Waals surface area contributed by atoms with Gasteiger partial charge in [0.1, 0.15) is 11.4 Å². The zero-order chi connectivity index (χ0) is 15.6. The number of ether oxygens (including phenoxy) is 1. The van der Waals surface area contributed by atoms with Gasteiger partial charge in [0, 0.05) is 18.2 Å². The molecule has 0 aliphatic heterocycles. The Morgan fingerprint density at radius 1 is 1.05 bits per heavy atom. The number of nitro benzene ring substituents is 2. The van der Waals surface area contributed by atoms with Crippen LogP contribution in [-0.4, -0.2) is 9.85 Å². The van der Waals surface area contributed by atoms with E-state index in [0.29, 0.717) is 0 Å². The molecule has 0 unspecified atom stereocenters. The number of nitro groups is 2. The van der Waals surface area contributed by atoms with Crippen molar-refractivity contribution in [2.24, 2.45) is 0 Å². The molecule has 0 aliphatic rings. The molecule has 0 fully saturated rings. The molecule has 0 spiro atoms. The van der Waals surface area contributed by atoms with E-state index in [1.54, 1.807) is 0 Å². The van der Waals surface area contributed by atoms with Gasteiger partial charge in [-0.1, -0.05) is 11.6 Å². The largest absolute Gasteiger partial charge is 0.455 e. The molecule has 0 radical (unpaired) electrons. The zero-order valence-electron chi connectivity index (χ0n) is 10.4. The van der Waals surface area contributed by atoms with Crippen molar-refractivity contribution in [1.29, 1.82) is 0 Å². The highest BCUT2D eigenvalue weighted by molar-refractivity contribution is 6.32. The molecule has 2 rings (SSSR count). The lowest BCUT2D eigenvalue weighted by Gasteiger charge is -2.08. The van der Waals surface area contributed by atoms with Crippen molar-refractivity contribution in [2.75, 3.05) is 5.73 Å². The third-order valence-corrected chi connectivity index (χ3v) is 2.86. The predicted octanol–water partition coefficient (Wildman–Crippen LogP) is 3.53. The Hall–Kier alpha value is -2.87. The quantitative estimate of drug-likeness (QED) is 0.523. The van der Waals surface area contributed by atoms with Crippen molar-refractivity contribution in [1.82, 2.24) is 0 Å². The van der Waals surface area contributed by atoms with E-state index < -0.39 is 9.85 Å². The van der Waals surface area contributed by atoms with Crippen molar-refractivity contribution in [3.05, 3.63) is 61.6 Å². The molecule has 2 aromatic rings. The van der Waals surface area contributed by atoms with Crippen LogP contribution in [0.3, 0.4) is 0 Å². The molecule has 0 saturated heterocycles. The molecular formula is C12H8ClN3O5. The molecule has 8 nitrogen and oxygen atoms in total. The summed E-state index contributed by atoms with van der Waals surface area (Å²) in [6.45, 7) is 0. The van der Waals surface area contributed by atoms with Gasteiger partial charge in [-0.15, -0.1) is 0 Å². The van der Waals surface area contributed by atoms with Gasteiger partial charge < -0.3 is 10.5 Å². The minimum atomic E-state index is -0.626. The van der Waals surface area contributed by atoms with Crippen LogP contribution < -0.4 is 10.5 Å². The van der Waals surface area contributed by atoms with Gasteiger partial charge in [0.05, 0.1) is 20.9 Å². The number of nitrogens with zero attached hydrogens (tertiary/aromatic N) is 2. The lowest BCUT2D eigenvalue weighted by molar-refractivity contribution is -0.385. The lowest BCUT2D eigenvalue weighted by atomic mass is 10.2. The van der Waals surface area contributed by atoms with Crippen LogP contribution in [0.4, 0.5) is 17.1 Å². The van der Waals surface area contributed by atoms with E-state index >= 15 is 0 Å². The fourth-order valence-corrected chi connectivity index (χ4v) is 1.73. The molecule has 0 atom stereocenters. The van der Waals surface area contributed by atoms with Crippen LogP contribution in [0.15, 0.2) is 36.4 Å². The summed E-state index contributed by atoms with van der Waals surface area (Å²) in [7, 11) is 0. The summed E-state index contributed by atoms with van der Waals surface area (Å²) in [5.41, 5.74) is 5.00. The van der Waals surface area contributed by atoms with Gasteiger partial charge in [0.25, 0.3) is 11.4 Å². The SMILES string of the molecule is Nc1cc(Oc2cc([N+](=O)[O-])ccc2Cl)ccc1[N+](=O)[O-]. The maximum absolute atomic E-state index is 10.7. The monoisotopic (exact) mass is 309 g/mol. The molecule has 2 N–H and O–H groups in total. The average Bonchev–Trinajstić information content (AvgIpc) is 2.40. The highest BCUT2D eigenvalue weighted by Gasteiger charge is 2.15. The molecule has 9 heteroatoms. The number of hydrogen-bond acceptors (Lipinski definition) is 6. The van der Waals surface area contributed by atoms with E-state index in [1.165, 1.54) is 30.3 Å². The van der Waals surface area contributed by atoms with Crippen molar-refractivity contribution >= 4 is 28.7 Å². The van der Waals surface area contributed by atoms with Crippen molar-refractivity contribution in [3.63, 3.8) is 0 Å². The van der Waals surface area contributed by atoms with Crippen LogP contribution >= 0.6 is 11.6 Å². The van der Waals surface area contributed by atoms with Crippen molar-refractivity contribution in [3.8, 4) is 11.5 Å². The Morgan fingerprint density at radius 2 is 1.76 bits per heavy atom. The van der Waals surface area contributed by atoms with Gasteiger partial charge in [-0.25, -0.2) is 0 Å². The molecule has 0 saturated carbocycles. The van der Waals surface area contributed by atoms with Crippen molar-refractivity contribution < 1.29 is 14.6 Å². The normalized spacial score (nSPS) is 10.1. The summed E-state index contributed by atoms with van der Waals surface area (Å²) in [5.74, 6) is 0.236. The molecule has 0 aliphatic carbocycles. The minimum absolute atomic E-state index is 0.0547. The number of rotatable bonds is 4. The zero-order valence-corrected chi connectivity index (χ0v) is 11.1. The first-order valence-corrected chi connectivity index (χ1v) is 5.92. The number of nitrogens with two attached hydrogens (primary N) is 1. The summed E-state index contributed by atoms with van der Waals surface area (Å²) < 4.78 is 5.38. The number of anilines is 1. The molecule has 0 amide bonds. The van der Waals surface area contributed by atoms with Crippen LogP contribution in [0.1, 0.15) is 0 Å². The van der Waals surface area contributed by atoms with Crippen LogP contribution in [0.25, 0.3) is 0 Å². The van der Waals surface area contributed by atoms with E-state index in [2.05, 4.69) is 0 Å². The Bertz CT molecular complexity index is 735. The number of hydrogen-bond donors (Lipinski definition) is 1. The highest BCUT2D eigenvalue weighted by atomic mass is 35.5. The summed E-state index contributed by atoms with van der Waals surface area (Å²) >= 11 is 5.89. The fourth-order valence-electron chi connectivity index (χ4n) is 1.57. The molecule has 21 heavy (non-hydrogen) atoms. The van der Waals surface area contributed by atoms with E-state index in [-0.39, 0.29) is 33.6 Å². The number of nitrogen functional groups attached to an aromatic ring is 1. The standard InChI is InChI=1S/C12H8ClN3O5/c13-9-3-1-7(15(17)18)5-12(9)21-8-2-4-11(16(19)20)10(14)6-8/h1-6H,14H2. The van der Waals surface area contributed by atoms with E-state index in [0.717, 1.165) is 6.07 Å². The smallest absolute Gasteiger partial charge is 0.292 e. The molecule has 108 valence electrons. The average molecular weight is 310 g/mol.